The monoisotopic (exact) mass is 200 g/mol. The molecule has 0 aromatic heterocycles. The Morgan fingerprint density at radius 3 is 1.57 bits per heavy atom. The van der Waals surface area contributed by atoms with Crippen LogP contribution in [0.2, 0.25) is 0 Å². The van der Waals surface area contributed by atoms with Gasteiger partial charge in [0.25, 0.3) is 10.1 Å². The van der Waals surface area contributed by atoms with E-state index in [4.69, 9.17) is 9.66 Å². The van der Waals surface area contributed by atoms with Gasteiger partial charge in [0.15, 0.2) is 5.94 Å². The van der Waals surface area contributed by atoms with Crippen molar-refractivity contribution in [3.63, 3.8) is 0 Å². The van der Waals surface area contributed by atoms with Crippen molar-refractivity contribution < 1.29 is 18.1 Å². The maximum Gasteiger partial charge on any atom is 0.289 e. The van der Waals surface area contributed by atoms with E-state index >= 15 is 0 Å². The molecule has 0 aliphatic carbocycles. The summed E-state index contributed by atoms with van der Waals surface area (Å²) < 4.78 is 26.2. The van der Waals surface area contributed by atoms with Gasteiger partial charge in [-0.3, -0.25) is 4.55 Å². The Bertz CT molecular complexity index is 114. The second-order valence-corrected chi connectivity index (χ2v) is 2.13. The SMILES string of the molecule is O=S(=O)(O)CO.[Sr]. The Morgan fingerprint density at radius 1 is 1.43 bits per heavy atom. The van der Waals surface area contributed by atoms with Gasteiger partial charge in [-0.2, -0.15) is 8.42 Å². The van der Waals surface area contributed by atoms with Gasteiger partial charge in [-0.05, 0) is 0 Å². The third-order valence-corrected chi connectivity index (χ3v) is 0.489. The van der Waals surface area contributed by atoms with Crippen LogP contribution in [0.25, 0.3) is 0 Å². The van der Waals surface area contributed by atoms with E-state index in [1.54, 1.807) is 0 Å². The normalized spacial score (nSPS) is 10.0. The van der Waals surface area contributed by atoms with Crippen LogP contribution >= 0.6 is 0 Å². The topological polar surface area (TPSA) is 74.6 Å². The van der Waals surface area contributed by atoms with Gasteiger partial charge in [0.1, 0.15) is 0 Å². The fraction of sp³-hybridized carbons (Fsp3) is 1.00. The van der Waals surface area contributed by atoms with Crippen molar-refractivity contribution in [2.75, 3.05) is 5.94 Å². The summed E-state index contributed by atoms with van der Waals surface area (Å²) in [6, 6.07) is 0. The van der Waals surface area contributed by atoms with Crippen LogP contribution in [0, 0.1) is 0 Å². The molecule has 7 heavy (non-hydrogen) atoms. The molecule has 0 fully saturated rings. The quantitative estimate of drug-likeness (QED) is 0.396. The zero-order chi connectivity index (χ0) is 5.21. The summed E-state index contributed by atoms with van der Waals surface area (Å²) in [6.45, 7) is 0. The van der Waals surface area contributed by atoms with Crippen molar-refractivity contribution in [2.24, 2.45) is 0 Å². The van der Waals surface area contributed by atoms with E-state index in [0.29, 0.717) is 0 Å². The number of hydrogen-bond acceptors (Lipinski definition) is 3. The Hall–Kier alpha value is 1.35. The van der Waals surface area contributed by atoms with Crippen molar-refractivity contribution in [1.29, 1.82) is 0 Å². The van der Waals surface area contributed by atoms with Crippen LogP contribution in [0.4, 0.5) is 0 Å². The van der Waals surface area contributed by atoms with Gasteiger partial charge >= 0.3 is 0 Å². The smallest absolute Gasteiger partial charge is 0.289 e. The molecule has 4 nitrogen and oxygen atoms in total. The Labute approximate surface area is 78.6 Å². The molecule has 0 saturated heterocycles. The molecule has 2 N–H and O–H groups in total. The number of aliphatic hydroxyl groups excluding tert-OH is 1. The number of aliphatic hydroxyl groups is 1. The van der Waals surface area contributed by atoms with E-state index in [0.717, 1.165) is 0 Å². The molecule has 0 saturated carbocycles. The Balaban J connectivity index is 0. The van der Waals surface area contributed by atoms with Gasteiger partial charge in [-0.15, -0.1) is 0 Å². The van der Waals surface area contributed by atoms with Crippen molar-refractivity contribution in [1.82, 2.24) is 0 Å². The van der Waals surface area contributed by atoms with Crippen molar-refractivity contribution in [3.8, 4) is 0 Å². The molecule has 40 valence electrons. The summed E-state index contributed by atoms with van der Waals surface area (Å²) in [5.74, 6) is -1.20. The first-order chi connectivity index (χ1) is 2.56. The minimum Gasteiger partial charge on any atom is -0.378 e. The maximum absolute atomic E-state index is 9.31. The van der Waals surface area contributed by atoms with Crippen molar-refractivity contribution >= 4 is 55.6 Å². The molecule has 0 bridgehead atoms. The van der Waals surface area contributed by atoms with E-state index in [1.807, 2.05) is 0 Å². The molecule has 0 aliphatic rings. The first-order valence-electron chi connectivity index (χ1n) is 1.12. The summed E-state index contributed by atoms with van der Waals surface area (Å²) in [6.07, 6.45) is 0. The second kappa shape index (κ2) is 4.25. The van der Waals surface area contributed by atoms with Gasteiger partial charge in [0, 0.05) is 45.5 Å². The standard InChI is InChI=1S/CH4O4S.Sr/c2-1-6(3,4)5;/h2H,1H2,(H,3,4,5);. The van der Waals surface area contributed by atoms with Crippen LogP contribution in [-0.2, 0) is 10.1 Å². The predicted molar refractivity (Wildman–Crippen MR) is 24.4 cm³/mol. The van der Waals surface area contributed by atoms with Gasteiger partial charge in [-0.25, -0.2) is 0 Å². The third-order valence-electron chi connectivity index (χ3n) is 0.163. The van der Waals surface area contributed by atoms with Crippen LogP contribution in [0.3, 0.4) is 0 Å². The summed E-state index contributed by atoms with van der Waals surface area (Å²) >= 11 is 0. The molecule has 2 radical (unpaired) electrons. The third kappa shape index (κ3) is 11.1. The van der Waals surface area contributed by atoms with Gasteiger partial charge in [0.2, 0.25) is 0 Å². The summed E-state index contributed by atoms with van der Waals surface area (Å²) in [5, 5.41) is 7.56. The van der Waals surface area contributed by atoms with Gasteiger partial charge in [0.05, 0.1) is 0 Å². The molecule has 0 aliphatic heterocycles. The maximum atomic E-state index is 9.31. The Morgan fingerprint density at radius 2 is 1.57 bits per heavy atom. The van der Waals surface area contributed by atoms with E-state index in [2.05, 4.69) is 0 Å². The zero-order valence-electron chi connectivity index (χ0n) is 3.53. The zero-order valence-corrected chi connectivity index (χ0v) is 7.83. The fourth-order valence-corrected chi connectivity index (χ4v) is 0. The fourth-order valence-electron chi connectivity index (χ4n) is 0. The van der Waals surface area contributed by atoms with Gasteiger partial charge < -0.3 is 5.11 Å². The van der Waals surface area contributed by atoms with Crippen LogP contribution in [0.5, 0.6) is 0 Å². The van der Waals surface area contributed by atoms with Crippen molar-refractivity contribution in [3.05, 3.63) is 0 Å². The molecule has 0 spiro atoms. The summed E-state index contributed by atoms with van der Waals surface area (Å²) in [7, 11) is -4.11. The van der Waals surface area contributed by atoms with Gasteiger partial charge in [-0.1, -0.05) is 0 Å². The van der Waals surface area contributed by atoms with Crippen LogP contribution in [0.1, 0.15) is 0 Å². The van der Waals surface area contributed by atoms with E-state index in [9.17, 15) is 8.42 Å². The largest absolute Gasteiger partial charge is 0.378 e. The average Bonchev–Trinajstić information content (AvgIpc) is 1.35. The Kier molecular flexibility index (Phi) is 6.79. The van der Waals surface area contributed by atoms with Crippen LogP contribution in [-0.4, -0.2) is 69.5 Å². The predicted octanol–water partition coefficient (Wildman–Crippen LogP) is -1.56. The molecule has 0 rings (SSSR count). The minimum absolute atomic E-state index is 0. The first-order valence-corrected chi connectivity index (χ1v) is 2.73. The molecule has 0 aromatic rings. The molecule has 0 aromatic carbocycles. The first kappa shape index (κ1) is 11.2. The number of rotatable bonds is 1. The molecular weight excluding hydrogens is 196 g/mol. The average molecular weight is 200 g/mol. The molecular formula is CH4O4SSr. The summed E-state index contributed by atoms with van der Waals surface area (Å²) in [4.78, 5) is 0. The molecule has 0 unspecified atom stereocenters. The molecule has 0 amide bonds. The molecule has 0 heterocycles. The minimum atomic E-state index is -4.11. The molecule has 0 atom stereocenters. The number of hydrogen-bond donors (Lipinski definition) is 2. The van der Waals surface area contributed by atoms with Crippen LogP contribution in [0.15, 0.2) is 0 Å². The van der Waals surface area contributed by atoms with Crippen LogP contribution < -0.4 is 0 Å². The van der Waals surface area contributed by atoms with E-state index in [1.165, 1.54) is 0 Å². The summed E-state index contributed by atoms with van der Waals surface area (Å²) in [5.41, 5.74) is 0. The van der Waals surface area contributed by atoms with Crippen molar-refractivity contribution in [2.45, 2.75) is 0 Å². The molecule has 6 heteroatoms. The van der Waals surface area contributed by atoms with E-state index < -0.39 is 16.1 Å². The second-order valence-electron chi connectivity index (χ2n) is 0.711. The van der Waals surface area contributed by atoms with E-state index in [-0.39, 0.29) is 45.5 Å².